The van der Waals surface area contributed by atoms with Gasteiger partial charge in [0.2, 0.25) is 5.96 Å². The van der Waals surface area contributed by atoms with Crippen LogP contribution in [-0.2, 0) is 6.54 Å². The van der Waals surface area contributed by atoms with Gasteiger partial charge < -0.3 is 5.32 Å². The molecule has 3 rings (SSSR count). The van der Waals surface area contributed by atoms with E-state index < -0.39 is 5.82 Å². The Morgan fingerprint density at radius 2 is 1.90 bits per heavy atom. The number of aliphatic imine (C=N–C) groups is 1. The third kappa shape index (κ3) is 5.97. The van der Waals surface area contributed by atoms with Gasteiger partial charge >= 0.3 is 0 Å². The topological polar surface area (TPSA) is 66.4 Å². The number of hydrogen-bond acceptors (Lipinski definition) is 3. The van der Waals surface area contributed by atoms with Gasteiger partial charge in [0.1, 0.15) is 5.82 Å². The third-order valence-corrected chi connectivity index (χ3v) is 4.30. The van der Waals surface area contributed by atoms with Gasteiger partial charge in [0, 0.05) is 23.6 Å². The van der Waals surface area contributed by atoms with Crippen molar-refractivity contribution >= 4 is 17.6 Å². The van der Waals surface area contributed by atoms with Crippen LogP contribution in [0.2, 0.25) is 0 Å². The molecule has 0 unspecified atom stereocenters. The van der Waals surface area contributed by atoms with Crippen molar-refractivity contribution in [2.75, 3.05) is 5.32 Å². The number of amides is 1. The number of hydrogen-bond donors (Lipinski definition) is 2. The molecule has 2 aromatic carbocycles. The highest BCUT2D eigenvalue weighted by molar-refractivity contribution is 6.09. The lowest BCUT2D eigenvalue weighted by Crippen LogP contribution is -2.36. The average molecular weight is 390 g/mol. The predicted octanol–water partition coefficient (Wildman–Crippen LogP) is 4.74. The van der Waals surface area contributed by atoms with Gasteiger partial charge in [-0.2, -0.15) is 0 Å². The fourth-order valence-electron chi connectivity index (χ4n) is 2.67. The number of carbonyl (C=O) groups excluding carboxylic acids is 1. The number of anilines is 1. The standard InChI is InChI=1S/C23H23FN4O/c1-16(2)19-6-3-7-21(13-19)27-23(26-15-17-5-4-12-25-14-17)28-22(29)18-8-10-20(24)11-9-18/h3-14,16H,15H2,1-2H3,(H2,26,27,28,29). The van der Waals surface area contributed by atoms with E-state index in [1.165, 1.54) is 29.8 Å². The SMILES string of the molecule is CC(C)c1cccc(NC(=NCc2cccnc2)NC(=O)c2ccc(F)cc2)c1. The summed E-state index contributed by atoms with van der Waals surface area (Å²) in [6.45, 7) is 4.59. The Morgan fingerprint density at radius 3 is 2.59 bits per heavy atom. The van der Waals surface area contributed by atoms with Gasteiger partial charge in [-0.1, -0.05) is 32.0 Å². The molecule has 5 nitrogen and oxygen atoms in total. The Balaban J connectivity index is 1.81. The van der Waals surface area contributed by atoms with Gasteiger partial charge in [0.15, 0.2) is 0 Å². The summed E-state index contributed by atoms with van der Waals surface area (Å²) in [6, 6.07) is 17.1. The quantitative estimate of drug-likeness (QED) is 0.488. The summed E-state index contributed by atoms with van der Waals surface area (Å²) in [7, 11) is 0. The summed E-state index contributed by atoms with van der Waals surface area (Å²) in [5, 5.41) is 5.96. The molecule has 0 radical (unpaired) electrons. The highest BCUT2D eigenvalue weighted by atomic mass is 19.1. The fraction of sp³-hybridized carbons (Fsp3) is 0.174. The van der Waals surface area contributed by atoms with Crippen LogP contribution in [0.5, 0.6) is 0 Å². The number of pyridine rings is 1. The van der Waals surface area contributed by atoms with Crippen LogP contribution >= 0.6 is 0 Å². The van der Waals surface area contributed by atoms with Crippen molar-refractivity contribution in [2.45, 2.75) is 26.3 Å². The van der Waals surface area contributed by atoms with Crippen LogP contribution in [0.4, 0.5) is 10.1 Å². The molecule has 2 N–H and O–H groups in total. The Labute approximate surface area is 169 Å². The molecular formula is C23H23FN4O. The van der Waals surface area contributed by atoms with Crippen LogP contribution in [-0.4, -0.2) is 16.9 Å². The second-order valence-electron chi connectivity index (χ2n) is 6.89. The van der Waals surface area contributed by atoms with Gasteiger partial charge in [-0.3, -0.25) is 15.1 Å². The Kier molecular flexibility index (Phi) is 6.68. The molecule has 0 aliphatic rings. The maximum Gasteiger partial charge on any atom is 0.257 e. The molecule has 1 heterocycles. The Hall–Kier alpha value is -3.54. The van der Waals surface area contributed by atoms with Gasteiger partial charge in [-0.25, -0.2) is 9.38 Å². The molecule has 0 saturated carbocycles. The van der Waals surface area contributed by atoms with Crippen LogP contribution in [0.1, 0.15) is 41.3 Å². The molecule has 6 heteroatoms. The number of carbonyl (C=O) groups is 1. The number of nitrogens with one attached hydrogen (secondary N) is 2. The lowest BCUT2D eigenvalue weighted by atomic mass is 10.0. The first-order valence-corrected chi connectivity index (χ1v) is 9.38. The third-order valence-electron chi connectivity index (χ3n) is 4.30. The number of nitrogens with zero attached hydrogens (tertiary/aromatic N) is 2. The minimum absolute atomic E-state index is 0.309. The molecule has 0 saturated heterocycles. The molecule has 0 fully saturated rings. The van der Waals surface area contributed by atoms with E-state index in [2.05, 4.69) is 40.5 Å². The van der Waals surface area contributed by atoms with Crippen molar-refractivity contribution in [3.63, 3.8) is 0 Å². The summed E-state index contributed by atoms with van der Waals surface area (Å²) in [5.41, 5.74) is 3.25. The lowest BCUT2D eigenvalue weighted by molar-refractivity contribution is 0.0977. The summed E-state index contributed by atoms with van der Waals surface area (Å²) < 4.78 is 13.1. The monoisotopic (exact) mass is 390 g/mol. The largest absolute Gasteiger partial charge is 0.326 e. The van der Waals surface area contributed by atoms with Crippen molar-refractivity contribution in [1.82, 2.24) is 10.3 Å². The van der Waals surface area contributed by atoms with Crippen molar-refractivity contribution in [3.05, 3.63) is 95.6 Å². The fourth-order valence-corrected chi connectivity index (χ4v) is 2.67. The molecule has 3 aromatic rings. The van der Waals surface area contributed by atoms with E-state index in [0.717, 1.165) is 11.3 Å². The Morgan fingerprint density at radius 1 is 1.10 bits per heavy atom. The number of halogens is 1. The smallest absolute Gasteiger partial charge is 0.257 e. The minimum atomic E-state index is -0.393. The molecule has 1 aromatic heterocycles. The van der Waals surface area contributed by atoms with E-state index in [9.17, 15) is 9.18 Å². The zero-order valence-corrected chi connectivity index (χ0v) is 16.4. The van der Waals surface area contributed by atoms with Crippen molar-refractivity contribution < 1.29 is 9.18 Å². The van der Waals surface area contributed by atoms with E-state index in [4.69, 9.17) is 0 Å². The summed E-state index contributed by atoms with van der Waals surface area (Å²) >= 11 is 0. The van der Waals surface area contributed by atoms with Crippen LogP contribution in [0.15, 0.2) is 78.0 Å². The van der Waals surface area contributed by atoms with Gasteiger partial charge in [0.05, 0.1) is 6.54 Å². The predicted molar refractivity (Wildman–Crippen MR) is 113 cm³/mol. The van der Waals surface area contributed by atoms with Crippen LogP contribution < -0.4 is 10.6 Å². The Bertz CT molecular complexity index is 985. The normalized spacial score (nSPS) is 11.4. The number of aromatic nitrogens is 1. The van der Waals surface area contributed by atoms with Crippen LogP contribution in [0, 0.1) is 5.82 Å². The summed E-state index contributed by atoms with van der Waals surface area (Å²) in [4.78, 5) is 21.2. The highest BCUT2D eigenvalue weighted by Gasteiger charge is 2.10. The van der Waals surface area contributed by atoms with Crippen molar-refractivity contribution in [1.29, 1.82) is 0 Å². The zero-order valence-electron chi connectivity index (χ0n) is 16.4. The first kappa shape index (κ1) is 20.2. The molecule has 0 aliphatic carbocycles. The molecule has 0 atom stereocenters. The number of guanidine groups is 1. The van der Waals surface area contributed by atoms with Crippen molar-refractivity contribution in [3.8, 4) is 0 Å². The highest BCUT2D eigenvalue weighted by Crippen LogP contribution is 2.18. The van der Waals surface area contributed by atoms with E-state index in [1.807, 2.05) is 30.3 Å². The number of benzene rings is 2. The summed E-state index contributed by atoms with van der Waals surface area (Å²) in [5.74, 6) is -0.0801. The molecule has 148 valence electrons. The average Bonchev–Trinajstić information content (AvgIpc) is 2.73. The first-order chi connectivity index (χ1) is 14.0. The second kappa shape index (κ2) is 9.59. The van der Waals surface area contributed by atoms with E-state index in [-0.39, 0.29) is 5.91 Å². The summed E-state index contributed by atoms with van der Waals surface area (Å²) in [6.07, 6.45) is 3.42. The molecule has 0 bridgehead atoms. The second-order valence-corrected chi connectivity index (χ2v) is 6.89. The number of rotatable bonds is 5. The molecule has 0 aliphatic heterocycles. The van der Waals surface area contributed by atoms with Gasteiger partial charge in [-0.05, 0) is 59.5 Å². The molecule has 0 spiro atoms. The maximum absolute atomic E-state index is 13.1. The van der Waals surface area contributed by atoms with E-state index >= 15 is 0 Å². The minimum Gasteiger partial charge on any atom is -0.326 e. The van der Waals surface area contributed by atoms with Gasteiger partial charge in [-0.15, -0.1) is 0 Å². The molecule has 1 amide bonds. The first-order valence-electron chi connectivity index (χ1n) is 9.38. The lowest BCUT2D eigenvalue weighted by Gasteiger charge is -2.14. The van der Waals surface area contributed by atoms with E-state index in [1.54, 1.807) is 12.4 Å². The molecule has 29 heavy (non-hydrogen) atoms. The van der Waals surface area contributed by atoms with Crippen molar-refractivity contribution in [2.24, 2.45) is 4.99 Å². The van der Waals surface area contributed by atoms with Crippen LogP contribution in [0.25, 0.3) is 0 Å². The van der Waals surface area contributed by atoms with Crippen LogP contribution in [0.3, 0.4) is 0 Å². The van der Waals surface area contributed by atoms with Gasteiger partial charge in [0.25, 0.3) is 5.91 Å². The zero-order chi connectivity index (χ0) is 20.6. The van der Waals surface area contributed by atoms with E-state index in [0.29, 0.717) is 24.0 Å². The molecular weight excluding hydrogens is 367 g/mol. The maximum atomic E-state index is 13.1.